The van der Waals surface area contributed by atoms with Crippen molar-refractivity contribution in [3.63, 3.8) is 0 Å². The van der Waals surface area contributed by atoms with Crippen molar-refractivity contribution in [2.45, 2.75) is 17.3 Å². The molecule has 0 unspecified atom stereocenters. The first-order valence-electron chi connectivity index (χ1n) is 2.27. The molecule has 1 atom stereocenters. The van der Waals surface area contributed by atoms with E-state index in [0.717, 1.165) is 6.42 Å². The molecule has 7 heavy (non-hydrogen) atoms. The van der Waals surface area contributed by atoms with Gasteiger partial charge < -0.3 is 5.73 Å². The van der Waals surface area contributed by atoms with E-state index in [-0.39, 0.29) is 0 Å². The summed E-state index contributed by atoms with van der Waals surface area (Å²) in [6, 6.07) is 0. The van der Waals surface area contributed by atoms with E-state index in [9.17, 15) is 3.07 Å². The summed E-state index contributed by atoms with van der Waals surface area (Å²) in [5.41, 5.74) is 5.18. The molecule has 0 rings (SSSR count). The molecular weight excluding hydrogens is 205 g/mol. The number of hydrogen-bond acceptors (Lipinski definition) is 2. The highest BCUT2D eigenvalue weighted by molar-refractivity contribution is 14.1. The molecule has 0 aliphatic carbocycles. The van der Waals surface area contributed by atoms with Crippen LogP contribution in [0, 0.1) is 0 Å². The molecule has 0 aliphatic rings. The summed E-state index contributed by atoms with van der Waals surface area (Å²) in [7, 11) is 0. The maximum Gasteiger partial charge on any atom is 0.147 e. The van der Waals surface area contributed by atoms with Crippen LogP contribution in [-0.2, 0) is 3.07 Å². The summed E-state index contributed by atoms with van der Waals surface area (Å²) in [6.45, 7) is 2.64. The predicted molar refractivity (Wildman–Crippen MR) is 37.8 cm³/mol. The Bertz CT molecular complexity index is 57.7. The zero-order valence-corrected chi connectivity index (χ0v) is 6.51. The van der Waals surface area contributed by atoms with Crippen molar-refractivity contribution in [3.05, 3.63) is 0 Å². The van der Waals surface area contributed by atoms with Gasteiger partial charge in [-0.05, 0) is 13.0 Å². The second-order valence-corrected chi connectivity index (χ2v) is 4.08. The molecule has 0 saturated heterocycles. The van der Waals surface area contributed by atoms with E-state index in [1.54, 1.807) is 0 Å². The first-order valence-corrected chi connectivity index (χ1v) is 4.39. The van der Waals surface area contributed by atoms with Crippen molar-refractivity contribution >= 4 is 21.2 Å². The van der Waals surface area contributed by atoms with Gasteiger partial charge >= 0.3 is 0 Å². The van der Waals surface area contributed by atoms with Crippen LogP contribution in [0.15, 0.2) is 0 Å². The van der Waals surface area contributed by atoms with Crippen LogP contribution in [0.1, 0.15) is 13.3 Å². The fourth-order valence-electron chi connectivity index (χ4n) is 0.274. The number of halogens is 1. The van der Waals surface area contributed by atoms with Gasteiger partial charge in [0.2, 0.25) is 0 Å². The molecule has 0 heterocycles. The number of alkyl halides is 1. The number of rotatable bonds is 3. The monoisotopic (exact) mass is 215 g/mol. The molecule has 44 valence electrons. The second kappa shape index (κ2) is 4.64. The Morgan fingerprint density at radius 1 is 1.86 bits per heavy atom. The van der Waals surface area contributed by atoms with E-state index in [0.29, 0.717) is 10.5 Å². The lowest BCUT2D eigenvalue weighted by Gasteiger charge is -1.93. The summed E-state index contributed by atoms with van der Waals surface area (Å²) < 4.78 is 10.5. The molecule has 0 fully saturated rings. The molecule has 0 radical (unpaired) electrons. The summed E-state index contributed by atoms with van der Waals surface area (Å²) in [6.07, 6.45) is 0.913. The topological polar surface area (TPSA) is 43.1 Å². The van der Waals surface area contributed by atoms with Crippen molar-refractivity contribution in [3.8, 4) is 0 Å². The van der Waals surface area contributed by atoms with Crippen LogP contribution in [0.4, 0.5) is 0 Å². The third-order valence-corrected chi connectivity index (χ3v) is 2.21. The molecule has 0 bridgehead atoms. The van der Waals surface area contributed by atoms with E-state index in [4.69, 9.17) is 5.73 Å². The van der Waals surface area contributed by atoms with Gasteiger partial charge in [0.05, 0.1) is 0 Å². The van der Waals surface area contributed by atoms with Crippen LogP contribution < -0.4 is 5.73 Å². The quantitative estimate of drug-likeness (QED) is 0.564. The van der Waals surface area contributed by atoms with Gasteiger partial charge in [0.25, 0.3) is 0 Å². The van der Waals surface area contributed by atoms with Crippen LogP contribution >= 0.6 is 21.2 Å². The van der Waals surface area contributed by atoms with Crippen LogP contribution in [0.5, 0.6) is 0 Å². The summed E-state index contributed by atoms with van der Waals surface area (Å²) >= 11 is -0.792. The third-order valence-electron chi connectivity index (χ3n) is 0.717. The highest BCUT2D eigenvalue weighted by atomic mass is 127. The highest BCUT2D eigenvalue weighted by Crippen LogP contribution is 2.07. The molecule has 0 spiro atoms. The van der Waals surface area contributed by atoms with Gasteiger partial charge in [0.15, 0.2) is 0 Å². The molecule has 2 nitrogen and oxygen atoms in total. The highest BCUT2D eigenvalue weighted by Gasteiger charge is 1.95. The fourth-order valence-corrected chi connectivity index (χ4v) is 0.888. The number of nitrogens with two attached hydrogens (primary N) is 1. The van der Waals surface area contributed by atoms with Crippen molar-refractivity contribution in [1.82, 2.24) is 0 Å². The predicted octanol–water partition coefficient (Wildman–Crippen LogP) is 1.04. The van der Waals surface area contributed by atoms with E-state index < -0.39 is 21.2 Å². The maximum absolute atomic E-state index is 10.1. The molecule has 0 aromatic heterocycles. The van der Waals surface area contributed by atoms with Gasteiger partial charge in [-0.15, -0.1) is 0 Å². The zero-order valence-electron chi connectivity index (χ0n) is 4.36. The van der Waals surface area contributed by atoms with E-state index >= 15 is 0 Å². The Morgan fingerprint density at radius 3 is 2.57 bits per heavy atom. The van der Waals surface area contributed by atoms with Crippen LogP contribution in [0.3, 0.4) is 0 Å². The van der Waals surface area contributed by atoms with Gasteiger partial charge in [0.1, 0.15) is 21.2 Å². The summed E-state index contributed by atoms with van der Waals surface area (Å²) in [4.78, 5) is 0. The standard InChI is InChI=1S/C4H10INO/c1-4(5-7)2-3-6/h4H,2-3,6H2,1H3/t4-/m1/s1. The smallest absolute Gasteiger partial charge is 0.147 e. The minimum atomic E-state index is -0.792. The van der Waals surface area contributed by atoms with Gasteiger partial charge in [0, 0.05) is 3.92 Å². The van der Waals surface area contributed by atoms with Crippen LogP contribution in [0.2, 0.25) is 0 Å². The normalized spacial score (nSPS) is 14.0. The Labute approximate surface area is 54.1 Å². The average molecular weight is 215 g/mol. The maximum atomic E-state index is 10.1. The zero-order chi connectivity index (χ0) is 5.70. The first-order chi connectivity index (χ1) is 3.31. The Kier molecular flexibility index (Phi) is 4.97. The minimum absolute atomic E-state index is 0.379. The lowest BCUT2D eigenvalue weighted by molar-refractivity contribution is 0.645. The molecule has 0 aliphatic heterocycles. The molecule has 0 aromatic rings. The Balaban J connectivity index is 2.98. The van der Waals surface area contributed by atoms with E-state index in [2.05, 4.69) is 0 Å². The van der Waals surface area contributed by atoms with Crippen molar-refractivity contribution in [2.24, 2.45) is 5.73 Å². The van der Waals surface area contributed by atoms with E-state index in [1.165, 1.54) is 0 Å². The van der Waals surface area contributed by atoms with Gasteiger partial charge in [-0.3, -0.25) is 3.07 Å². The first kappa shape index (κ1) is 7.49. The summed E-state index contributed by atoms with van der Waals surface area (Å²) in [5, 5.41) is 0. The SMILES string of the molecule is C[C@H](CCN)I=O. The van der Waals surface area contributed by atoms with Crippen molar-refractivity contribution < 1.29 is 3.07 Å². The molecule has 0 saturated carbocycles. The van der Waals surface area contributed by atoms with Gasteiger partial charge in [-0.2, -0.15) is 0 Å². The molecule has 3 heteroatoms. The average Bonchev–Trinajstić information content (AvgIpc) is 1.68. The van der Waals surface area contributed by atoms with E-state index in [1.807, 2.05) is 6.92 Å². The van der Waals surface area contributed by atoms with Crippen LogP contribution in [-0.4, -0.2) is 10.5 Å². The largest absolute Gasteiger partial charge is 0.330 e. The fraction of sp³-hybridized carbons (Fsp3) is 1.00. The molecular formula is C4H10INO. The minimum Gasteiger partial charge on any atom is -0.330 e. The van der Waals surface area contributed by atoms with Crippen molar-refractivity contribution in [1.29, 1.82) is 0 Å². The van der Waals surface area contributed by atoms with Crippen LogP contribution in [0.25, 0.3) is 0 Å². The second-order valence-electron chi connectivity index (χ2n) is 1.45. The van der Waals surface area contributed by atoms with Gasteiger partial charge in [-0.25, -0.2) is 0 Å². The summed E-state index contributed by atoms with van der Waals surface area (Å²) in [5.74, 6) is 0. The molecule has 0 aromatic carbocycles. The third kappa shape index (κ3) is 4.34. The Morgan fingerprint density at radius 2 is 2.43 bits per heavy atom. The molecule has 2 N–H and O–H groups in total. The molecule has 0 amide bonds. The number of hydrogen-bond donors (Lipinski definition) is 1. The lowest BCUT2D eigenvalue weighted by Crippen LogP contribution is -2.04. The van der Waals surface area contributed by atoms with Gasteiger partial charge in [-0.1, -0.05) is 6.92 Å². The Hall–Kier alpha value is 0.490. The lowest BCUT2D eigenvalue weighted by atomic mass is 10.3. The van der Waals surface area contributed by atoms with Crippen molar-refractivity contribution in [2.75, 3.05) is 6.54 Å².